The van der Waals surface area contributed by atoms with E-state index in [1.165, 1.54) is 0 Å². The average Bonchev–Trinajstić information content (AvgIpc) is 2.93. The van der Waals surface area contributed by atoms with Crippen molar-refractivity contribution in [3.63, 3.8) is 0 Å². The SMILES string of the molecule is CCCn1c(=O)c(C)cn2nc(N=Cc3ccccc3)nc12. The highest BCUT2D eigenvalue weighted by molar-refractivity contribution is 5.81. The van der Waals surface area contributed by atoms with Gasteiger partial charge in [0.1, 0.15) is 0 Å². The highest BCUT2D eigenvalue weighted by atomic mass is 16.1. The molecule has 2 aromatic heterocycles. The molecule has 0 saturated heterocycles. The number of aromatic nitrogens is 4. The average molecular weight is 295 g/mol. The molecule has 0 saturated carbocycles. The fourth-order valence-electron chi connectivity index (χ4n) is 2.27. The number of rotatable bonds is 4. The molecule has 0 spiro atoms. The number of hydrogen-bond donors (Lipinski definition) is 0. The minimum atomic E-state index is -0.0275. The molecule has 6 heteroatoms. The number of nitrogens with zero attached hydrogens (tertiary/aromatic N) is 5. The zero-order chi connectivity index (χ0) is 15.5. The summed E-state index contributed by atoms with van der Waals surface area (Å²) in [5.74, 6) is 0.872. The van der Waals surface area contributed by atoms with E-state index < -0.39 is 0 Å². The maximum absolute atomic E-state index is 12.2. The topological polar surface area (TPSA) is 64.5 Å². The van der Waals surface area contributed by atoms with E-state index in [1.807, 2.05) is 37.3 Å². The Bertz CT molecular complexity index is 877. The van der Waals surface area contributed by atoms with Crippen LogP contribution in [0.25, 0.3) is 5.78 Å². The van der Waals surface area contributed by atoms with Gasteiger partial charge >= 0.3 is 0 Å². The molecule has 0 N–H and O–H groups in total. The van der Waals surface area contributed by atoms with Gasteiger partial charge in [0.2, 0.25) is 5.78 Å². The molecule has 0 unspecified atom stereocenters. The van der Waals surface area contributed by atoms with Crippen molar-refractivity contribution in [3.05, 3.63) is 58.0 Å². The lowest BCUT2D eigenvalue weighted by molar-refractivity contribution is 0.646. The Morgan fingerprint density at radius 3 is 2.77 bits per heavy atom. The van der Waals surface area contributed by atoms with Gasteiger partial charge in [0.25, 0.3) is 11.5 Å². The van der Waals surface area contributed by atoms with E-state index in [1.54, 1.807) is 28.4 Å². The third-order valence-electron chi connectivity index (χ3n) is 3.32. The van der Waals surface area contributed by atoms with Crippen molar-refractivity contribution in [1.29, 1.82) is 0 Å². The van der Waals surface area contributed by atoms with Gasteiger partial charge < -0.3 is 0 Å². The second-order valence-electron chi connectivity index (χ2n) is 5.09. The van der Waals surface area contributed by atoms with Crippen LogP contribution in [0, 0.1) is 6.92 Å². The van der Waals surface area contributed by atoms with Crippen LogP contribution in [0.4, 0.5) is 5.95 Å². The third-order valence-corrected chi connectivity index (χ3v) is 3.32. The molecule has 3 aromatic rings. The molecule has 1 aromatic carbocycles. The van der Waals surface area contributed by atoms with Crippen LogP contribution in [0.15, 0.2) is 46.3 Å². The summed E-state index contributed by atoms with van der Waals surface area (Å²) in [4.78, 5) is 20.9. The summed E-state index contributed by atoms with van der Waals surface area (Å²) in [5, 5.41) is 4.32. The van der Waals surface area contributed by atoms with Crippen molar-refractivity contribution >= 4 is 17.9 Å². The van der Waals surface area contributed by atoms with Crippen molar-refractivity contribution in [3.8, 4) is 0 Å². The summed E-state index contributed by atoms with van der Waals surface area (Å²) in [7, 11) is 0. The minimum absolute atomic E-state index is 0.0275. The van der Waals surface area contributed by atoms with Gasteiger partial charge in [-0.25, -0.2) is 9.51 Å². The van der Waals surface area contributed by atoms with Crippen LogP contribution >= 0.6 is 0 Å². The monoisotopic (exact) mass is 295 g/mol. The lowest BCUT2D eigenvalue weighted by Gasteiger charge is -2.05. The molecular formula is C16H17N5O. The number of benzene rings is 1. The molecule has 0 atom stereocenters. The molecule has 0 bridgehead atoms. The zero-order valence-corrected chi connectivity index (χ0v) is 12.6. The van der Waals surface area contributed by atoms with Gasteiger partial charge in [0.15, 0.2) is 0 Å². The van der Waals surface area contributed by atoms with Crippen LogP contribution in [0.5, 0.6) is 0 Å². The standard InChI is InChI=1S/C16H17N5O/c1-3-9-20-14(22)12(2)11-21-16(20)18-15(19-21)17-10-13-7-5-4-6-8-13/h4-8,10-11H,3,9H2,1-2H3. The Labute approximate surface area is 127 Å². The highest BCUT2D eigenvalue weighted by Gasteiger charge is 2.10. The Kier molecular flexibility index (Phi) is 3.82. The first-order valence-corrected chi connectivity index (χ1v) is 7.25. The van der Waals surface area contributed by atoms with E-state index in [9.17, 15) is 4.79 Å². The van der Waals surface area contributed by atoms with Gasteiger partial charge in [-0.05, 0) is 18.9 Å². The van der Waals surface area contributed by atoms with Crippen molar-refractivity contribution in [2.45, 2.75) is 26.8 Å². The van der Waals surface area contributed by atoms with Gasteiger partial charge in [-0.2, -0.15) is 4.98 Å². The van der Waals surface area contributed by atoms with Crippen LogP contribution in [0.1, 0.15) is 24.5 Å². The molecule has 0 aliphatic heterocycles. The zero-order valence-electron chi connectivity index (χ0n) is 12.6. The Morgan fingerprint density at radius 2 is 2.05 bits per heavy atom. The summed E-state index contributed by atoms with van der Waals surface area (Å²) in [6.45, 7) is 4.42. The molecule has 0 aliphatic rings. The second kappa shape index (κ2) is 5.93. The molecule has 0 amide bonds. The van der Waals surface area contributed by atoms with Crippen molar-refractivity contribution < 1.29 is 0 Å². The van der Waals surface area contributed by atoms with Crippen molar-refractivity contribution in [2.75, 3.05) is 0 Å². The van der Waals surface area contributed by atoms with Crippen LogP contribution in [-0.4, -0.2) is 25.4 Å². The van der Waals surface area contributed by atoms with Crippen molar-refractivity contribution in [1.82, 2.24) is 19.2 Å². The molecule has 0 aliphatic carbocycles. The summed E-state index contributed by atoms with van der Waals surface area (Å²) in [6, 6.07) is 9.75. The smallest absolute Gasteiger partial charge is 0.270 e. The van der Waals surface area contributed by atoms with E-state index in [4.69, 9.17) is 0 Å². The largest absolute Gasteiger partial charge is 0.277 e. The molecule has 22 heavy (non-hydrogen) atoms. The first-order valence-electron chi connectivity index (χ1n) is 7.25. The first kappa shape index (κ1) is 14.2. The molecule has 6 nitrogen and oxygen atoms in total. The normalized spacial score (nSPS) is 11.5. The summed E-state index contributed by atoms with van der Waals surface area (Å²) in [6.07, 6.45) is 4.26. The highest BCUT2D eigenvalue weighted by Crippen LogP contribution is 2.09. The maximum Gasteiger partial charge on any atom is 0.270 e. The van der Waals surface area contributed by atoms with Crippen molar-refractivity contribution in [2.24, 2.45) is 4.99 Å². The third kappa shape index (κ3) is 2.67. The fourth-order valence-corrected chi connectivity index (χ4v) is 2.27. The lowest BCUT2D eigenvalue weighted by atomic mass is 10.2. The summed E-state index contributed by atoms with van der Waals surface area (Å²) in [5.41, 5.74) is 1.59. The quantitative estimate of drug-likeness (QED) is 0.694. The predicted molar refractivity (Wildman–Crippen MR) is 86.0 cm³/mol. The summed E-state index contributed by atoms with van der Waals surface area (Å²) < 4.78 is 3.26. The minimum Gasteiger partial charge on any atom is -0.277 e. The molecular weight excluding hydrogens is 278 g/mol. The van der Waals surface area contributed by atoms with Gasteiger partial charge in [-0.3, -0.25) is 9.36 Å². The van der Waals surface area contributed by atoms with Gasteiger partial charge in [0, 0.05) is 24.5 Å². The fraction of sp³-hybridized carbons (Fsp3) is 0.250. The van der Waals surface area contributed by atoms with E-state index in [2.05, 4.69) is 15.1 Å². The molecule has 2 heterocycles. The molecule has 3 rings (SSSR count). The molecule has 0 radical (unpaired) electrons. The van der Waals surface area contributed by atoms with Crippen LogP contribution in [-0.2, 0) is 6.54 Å². The Hall–Kier alpha value is -2.76. The van der Waals surface area contributed by atoms with Crippen LogP contribution in [0.2, 0.25) is 0 Å². The number of fused-ring (bicyclic) bond motifs is 1. The predicted octanol–water partition coefficient (Wildman–Crippen LogP) is 2.36. The van der Waals surface area contributed by atoms with Gasteiger partial charge in [-0.1, -0.05) is 37.3 Å². The van der Waals surface area contributed by atoms with E-state index in [0.29, 0.717) is 23.8 Å². The molecule has 0 fully saturated rings. The van der Waals surface area contributed by atoms with Crippen LogP contribution < -0.4 is 5.56 Å². The van der Waals surface area contributed by atoms with Gasteiger partial charge in [-0.15, -0.1) is 5.10 Å². The number of aryl methyl sites for hydroxylation is 2. The molecule has 112 valence electrons. The number of hydrogen-bond acceptors (Lipinski definition) is 4. The second-order valence-corrected chi connectivity index (χ2v) is 5.09. The maximum atomic E-state index is 12.2. The first-order chi connectivity index (χ1) is 10.7. The Balaban J connectivity index is 2.04. The van der Waals surface area contributed by atoms with E-state index in [0.717, 1.165) is 12.0 Å². The van der Waals surface area contributed by atoms with E-state index in [-0.39, 0.29) is 5.56 Å². The number of aliphatic imine (C=N–C) groups is 1. The Morgan fingerprint density at radius 1 is 1.27 bits per heavy atom. The van der Waals surface area contributed by atoms with E-state index >= 15 is 0 Å². The summed E-state index contributed by atoms with van der Waals surface area (Å²) >= 11 is 0. The lowest BCUT2D eigenvalue weighted by Crippen LogP contribution is -2.24. The van der Waals surface area contributed by atoms with Gasteiger partial charge in [0.05, 0.1) is 0 Å². The van der Waals surface area contributed by atoms with Crippen LogP contribution in [0.3, 0.4) is 0 Å².